The number of nitrogens with zero attached hydrogens (tertiary/aromatic N) is 1. The Bertz CT molecular complexity index is 647. The van der Waals surface area contributed by atoms with Gasteiger partial charge in [-0.3, -0.25) is 4.79 Å². The van der Waals surface area contributed by atoms with Crippen molar-refractivity contribution in [2.75, 3.05) is 18.0 Å². The van der Waals surface area contributed by atoms with Gasteiger partial charge in [0.05, 0.1) is 11.6 Å². The molecule has 0 aromatic heterocycles. The molecule has 142 valence electrons. The number of para-hydroxylation sites is 1. The molecule has 1 aliphatic carbocycles. The molecule has 7 heteroatoms. The maximum Gasteiger partial charge on any atom is 0.315 e. The zero-order valence-electron chi connectivity index (χ0n) is 14.8. The van der Waals surface area contributed by atoms with E-state index in [1.807, 2.05) is 11.0 Å². The zero-order chi connectivity index (χ0) is 18.5. The number of halogens is 1. The van der Waals surface area contributed by atoms with E-state index in [2.05, 4.69) is 10.6 Å². The van der Waals surface area contributed by atoms with E-state index in [1.165, 1.54) is 6.07 Å². The van der Waals surface area contributed by atoms with Crippen molar-refractivity contribution in [1.29, 1.82) is 0 Å². The summed E-state index contributed by atoms with van der Waals surface area (Å²) in [6.07, 6.45) is 4.34. The number of hydrogen-bond donors (Lipinski definition) is 3. The summed E-state index contributed by atoms with van der Waals surface area (Å²) in [5.41, 5.74) is 0.575. The molecule has 1 atom stereocenters. The van der Waals surface area contributed by atoms with E-state index in [4.69, 9.17) is 5.11 Å². The van der Waals surface area contributed by atoms with Crippen LogP contribution >= 0.6 is 0 Å². The first-order chi connectivity index (χ1) is 12.5. The number of carboxylic acid groups (broad SMARTS) is 1. The van der Waals surface area contributed by atoms with Crippen LogP contribution in [0.4, 0.5) is 14.9 Å². The number of benzene rings is 1. The smallest absolute Gasteiger partial charge is 0.315 e. The number of amides is 2. The highest BCUT2D eigenvalue weighted by atomic mass is 19.1. The summed E-state index contributed by atoms with van der Waals surface area (Å²) in [6, 6.07) is 6.48. The minimum atomic E-state index is -0.747. The Kier molecular flexibility index (Phi) is 5.96. The molecule has 26 heavy (non-hydrogen) atoms. The van der Waals surface area contributed by atoms with Crippen LogP contribution in [0.5, 0.6) is 0 Å². The van der Waals surface area contributed by atoms with Gasteiger partial charge >= 0.3 is 12.0 Å². The van der Waals surface area contributed by atoms with Gasteiger partial charge in [-0.05, 0) is 50.7 Å². The van der Waals surface area contributed by atoms with Gasteiger partial charge in [0.25, 0.3) is 0 Å². The molecule has 1 heterocycles. The van der Waals surface area contributed by atoms with Gasteiger partial charge in [-0.2, -0.15) is 0 Å². The van der Waals surface area contributed by atoms with Crippen molar-refractivity contribution in [2.24, 2.45) is 5.92 Å². The van der Waals surface area contributed by atoms with Crippen molar-refractivity contribution in [1.82, 2.24) is 10.6 Å². The first-order valence-electron chi connectivity index (χ1n) is 9.32. The third-order valence-corrected chi connectivity index (χ3v) is 5.36. The number of anilines is 1. The molecule has 2 amide bonds. The number of hydrogen-bond acceptors (Lipinski definition) is 3. The molecule has 3 N–H and O–H groups in total. The van der Waals surface area contributed by atoms with Crippen molar-refractivity contribution in [3.63, 3.8) is 0 Å². The van der Waals surface area contributed by atoms with Crippen LogP contribution in [-0.2, 0) is 4.79 Å². The van der Waals surface area contributed by atoms with Gasteiger partial charge in [0.1, 0.15) is 5.82 Å². The van der Waals surface area contributed by atoms with Crippen molar-refractivity contribution < 1.29 is 19.1 Å². The number of rotatable bonds is 4. The van der Waals surface area contributed by atoms with Gasteiger partial charge in [-0.15, -0.1) is 0 Å². The van der Waals surface area contributed by atoms with Crippen LogP contribution in [0.15, 0.2) is 24.3 Å². The van der Waals surface area contributed by atoms with E-state index in [0.717, 1.165) is 19.4 Å². The molecule has 1 saturated heterocycles. The van der Waals surface area contributed by atoms with Gasteiger partial charge < -0.3 is 20.6 Å². The molecule has 3 rings (SSSR count). The topological polar surface area (TPSA) is 81.7 Å². The Hall–Kier alpha value is -2.31. The number of piperidine rings is 1. The van der Waals surface area contributed by atoms with Gasteiger partial charge in [-0.1, -0.05) is 12.1 Å². The highest BCUT2D eigenvalue weighted by Gasteiger charge is 2.28. The molecule has 1 aromatic rings. The summed E-state index contributed by atoms with van der Waals surface area (Å²) < 4.78 is 14.0. The molecule has 1 aliphatic heterocycles. The fourth-order valence-corrected chi connectivity index (χ4v) is 3.92. The minimum absolute atomic E-state index is 0.0249. The summed E-state index contributed by atoms with van der Waals surface area (Å²) in [6.45, 7) is 1.36. The molecule has 2 fully saturated rings. The molecule has 0 spiro atoms. The van der Waals surface area contributed by atoms with Crippen molar-refractivity contribution >= 4 is 17.7 Å². The second kappa shape index (κ2) is 8.38. The number of carbonyl (C=O) groups is 2. The maximum absolute atomic E-state index is 14.0. The van der Waals surface area contributed by atoms with Crippen molar-refractivity contribution in [3.8, 4) is 0 Å². The summed E-state index contributed by atoms with van der Waals surface area (Å²) >= 11 is 0. The highest BCUT2D eigenvalue weighted by molar-refractivity contribution is 5.75. The van der Waals surface area contributed by atoms with Crippen LogP contribution in [0.25, 0.3) is 0 Å². The molecule has 2 aliphatic rings. The predicted octanol–water partition coefficient (Wildman–Crippen LogP) is 2.74. The maximum atomic E-state index is 14.0. The van der Waals surface area contributed by atoms with Crippen molar-refractivity contribution in [3.05, 3.63) is 30.1 Å². The quantitative estimate of drug-likeness (QED) is 0.768. The third kappa shape index (κ3) is 4.65. The lowest BCUT2D eigenvalue weighted by Gasteiger charge is -2.35. The second-order valence-electron chi connectivity index (χ2n) is 7.24. The molecule has 6 nitrogen and oxygen atoms in total. The van der Waals surface area contributed by atoms with E-state index >= 15 is 0 Å². The number of urea groups is 1. The molecule has 1 saturated carbocycles. The average Bonchev–Trinajstić information content (AvgIpc) is 2.62. The minimum Gasteiger partial charge on any atom is -0.481 e. The Labute approximate surface area is 152 Å². The van der Waals surface area contributed by atoms with Crippen molar-refractivity contribution in [2.45, 2.75) is 50.6 Å². The molecule has 1 aromatic carbocycles. The van der Waals surface area contributed by atoms with Gasteiger partial charge in [-0.25, -0.2) is 9.18 Å². The normalized spacial score (nSPS) is 26.2. The highest BCUT2D eigenvalue weighted by Crippen LogP contribution is 2.25. The lowest BCUT2D eigenvalue weighted by Crippen LogP contribution is -2.52. The zero-order valence-corrected chi connectivity index (χ0v) is 14.8. The monoisotopic (exact) mass is 363 g/mol. The summed E-state index contributed by atoms with van der Waals surface area (Å²) in [5, 5.41) is 15.0. The first-order valence-corrected chi connectivity index (χ1v) is 9.32. The fourth-order valence-electron chi connectivity index (χ4n) is 3.92. The third-order valence-electron chi connectivity index (χ3n) is 5.36. The van der Waals surface area contributed by atoms with Gasteiger partial charge in [0, 0.05) is 25.2 Å². The average molecular weight is 363 g/mol. The van der Waals surface area contributed by atoms with E-state index in [9.17, 15) is 14.0 Å². The Morgan fingerprint density at radius 1 is 1.04 bits per heavy atom. The molecule has 0 radical (unpaired) electrons. The number of nitrogens with one attached hydrogen (secondary N) is 2. The van der Waals surface area contributed by atoms with Crippen LogP contribution in [-0.4, -0.2) is 42.3 Å². The Morgan fingerprint density at radius 2 is 1.73 bits per heavy atom. The summed E-state index contributed by atoms with van der Waals surface area (Å²) in [7, 11) is 0. The lowest BCUT2D eigenvalue weighted by atomic mass is 9.86. The number of carbonyl (C=O) groups excluding carboxylic acids is 1. The summed E-state index contributed by atoms with van der Waals surface area (Å²) in [5.74, 6) is -1.28. The van der Waals surface area contributed by atoms with Gasteiger partial charge in [0.15, 0.2) is 0 Å². The van der Waals surface area contributed by atoms with Gasteiger partial charge in [0.2, 0.25) is 0 Å². The number of carboxylic acids is 1. The van der Waals surface area contributed by atoms with Crippen LogP contribution in [0, 0.1) is 11.7 Å². The summed E-state index contributed by atoms with van der Waals surface area (Å²) in [4.78, 5) is 25.2. The molecule has 1 unspecified atom stereocenters. The Balaban J connectivity index is 1.47. The van der Waals surface area contributed by atoms with E-state index in [0.29, 0.717) is 37.9 Å². The van der Waals surface area contributed by atoms with Crippen LogP contribution in [0.3, 0.4) is 0 Å². The van der Waals surface area contributed by atoms with Crippen LogP contribution in [0.1, 0.15) is 38.5 Å². The van der Waals surface area contributed by atoms with E-state index in [-0.39, 0.29) is 29.8 Å². The fraction of sp³-hybridized carbons (Fsp3) is 0.579. The van der Waals surface area contributed by atoms with E-state index in [1.54, 1.807) is 12.1 Å². The SMILES string of the molecule is O=C(NC1CCC(C(=O)O)CC1)NC1CCCN(c2ccccc2F)C1. The second-order valence-corrected chi connectivity index (χ2v) is 7.24. The molecular weight excluding hydrogens is 337 g/mol. The molecule has 0 bridgehead atoms. The number of aliphatic carboxylic acids is 1. The van der Waals surface area contributed by atoms with Crippen LogP contribution in [0.2, 0.25) is 0 Å². The lowest BCUT2D eigenvalue weighted by molar-refractivity contribution is -0.142. The molecular formula is C19H26FN3O3. The Morgan fingerprint density at radius 3 is 2.42 bits per heavy atom. The first kappa shape index (κ1) is 18.5. The predicted molar refractivity (Wildman–Crippen MR) is 96.7 cm³/mol. The van der Waals surface area contributed by atoms with E-state index < -0.39 is 5.97 Å². The van der Waals surface area contributed by atoms with Crippen LogP contribution < -0.4 is 15.5 Å². The standard InChI is InChI=1S/C19H26FN3O3/c20-16-5-1-2-6-17(16)23-11-3-4-15(12-23)22-19(26)21-14-9-7-13(8-10-14)18(24)25/h1-2,5-6,13-15H,3-4,7-12H2,(H,24,25)(H2,21,22,26). The largest absolute Gasteiger partial charge is 0.481 e.